The minimum Gasteiger partial charge on any atom is -0.508 e. The molecule has 3 nitrogen and oxygen atoms in total. The van der Waals surface area contributed by atoms with Crippen LogP contribution in [0.3, 0.4) is 0 Å². The number of phenolic OH excluding ortho intramolecular Hbond substituents is 1. The second kappa shape index (κ2) is 4.32. The van der Waals surface area contributed by atoms with E-state index in [9.17, 15) is 17.6 Å². The smallest absolute Gasteiger partial charge is 0.366 e. The van der Waals surface area contributed by atoms with Crippen LogP contribution in [0, 0.1) is 0 Å². The van der Waals surface area contributed by atoms with Gasteiger partial charge in [0.15, 0.2) is 0 Å². The van der Waals surface area contributed by atoms with E-state index in [1.165, 1.54) is 24.3 Å². The minimum atomic E-state index is -4.37. The summed E-state index contributed by atoms with van der Waals surface area (Å²) in [5, 5.41) is 12.3. The lowest BCUT2D eigenvalue weighted by Gasteiger charge is -2.09. The molecule has 96 valence electrons. The Hall–Kier alpha value is -2.05. The maximum absolute atomic E-state index is 12.9. The van der Waals surface area contributed by atoms with Crippen LogP contribution in [0.1, 0.15) is 5.76 Å². The van der Waals surface area contributed by atoms with Gasteiger partial charge in [0.05, 0.1) is 0 Å². The number of alkyl halides is 4. The van der Waals surface area contributed by atoms with Gasteiger partial charge in [-0.25, -0.2) is 8.78 Å². The molecule has 0 spiro atoms. The van der Waals surface area contributed by atoms with Gasteiger partial charge < -0.3 is 9.63 Å². The van der Waals surface area contributed by atoms with Crippen molar-refractivity contribution in [3.05, 3.63) is 36.1 Å². The number of halogens is 4. The highest BCUT2D eigenvalue weighted by atomic mass is 19.3. The monoisotopic (exact) mass is 261 g/mol. The highest BCUT2D eigenvalue weighted by molar-refractivity contribution is 5.59. The summed E-state index contributed by atoms with van der Waals surface area (Å²) in [4.78, 5) is 0. The first-order chi connectivity index (χ1) is 8.41. The largest absolute Gasteiger partial charge is 0.508 e. The molecule has 0 saturated carbocycles. The van der Waals surface area contributed by atoms with Crippen LogP contribution in [0.5, 0.6) is 5.75 Å². The van der Waals surface area contributed by atoms with Crippen LogP contribution in [-0.2, 0) is 5.92 Å². The number of hydrogen-bond acceptors (Lipinski definition) is 3. The molecule has 18 heavy (non-hydrogen) atoms. The van der Waals surface area contributed by atoms with Gasteiger partial charge >= 0.3 is 12.3 Å². The summed E-state index contributed by atoms with van der Waals surface area (Å²) in [5.74, 6) is -5.58. The lowest BCUT2D eigenvalue weighted by Crippen LogP contribution is -2.22. The number of aromatic hydroxyl groups is 1. The molecule has 1 aromatic carbocycles. The van der Waals surface area contributed by atoms with E-state index in [4.69, 9.17) is 5.11 Å². The van der Waals surface area contributed by atoms with Gasteiger partial charge in [0, 0.05) is 11.6 Å². The quantitative estimate of drug-likeness (QED) is 0.861. The molecule has 1 N–H and O–H groups in total. The van der Waals surface area contributed by atoms with Crippen molar-refractivity contribution in [2.24, 2.45) is 0 Å². The Morgan fingerprint density at radius 2 is 1.78 bits per heavy atom. The summed E-state index contributed by atoms with van der Waals surface area (Å²) in [5.41, 5.74) is 0.359. The van der Waals surface area contributed by atoms with Crippen molar-refractivity contribution >= 4 is 0 Å². The van der Waals surface area contributed by atoms with Gasteiger partial charge in [0.2, 0.25) is 5.76 Å². The Labute approximate surface area is 98.6 Å². The zero-order valence-electron chi connectivity index (χ0n) is 8.78. The van der Waals surface area contributed by atoms with Gasteiger partial charge in [-0.3, -0.25) is 0 Å². The van der Waals surface area contributed by atoms with Crippen molar-refractivity contribution < 1.29 is 27.2 Å². The fraction of sp³-hybridized carbons (Fsp3) is 0.182. The number of hydrogen-bond donors (Lipinski definition) is 1. The van der Waals surface area contributed by atoms with Crippen molar-refractivity contribution in [1.82, 2.24) is 5.16 Å². The standard InChI is InChI=1S/C11H7F4NO2/c12-10(13)11(14,15)9-5-8(16-18-9)6-1-3-7(17)4-2-6/h1-5,10,17H. The molecule has 2 aromatic rings. The molecule has 0 unspecified atom stereocenters. The second-order valence-corrected chi connectivity index (χ2v) is 3.55. The summed E-state index contributed by atoms with van der Waals surface area (Å²) in [6, 6.07) is 6.18. The van der Waals surface area contributed by atoms with Crippen LogP contribution < -0.4 is 0 Å². The highest BCUT2D eigenvalue weighted by Crippen LogP contribution is 2.36. The third-order valence-electron chi connectivity index (χ3n) is 2.28. The first-order valence-electron chi connectivity index (χ1n) is 4.84. The van der Waals surface area contributed by atoms with E-state index in [-0.39, 0.29) is 11.4 Å². The Bertz CT molecular complexity index is 536. The van der Waals surface area contributed by atoms with Gasteiger partial charge in [-0.1, -0.05) is 5.16 Å². The summed E-state index contributed by atoms with van der Waals surface area (Å²) < 4.78 is 54.3. The molecule has 1 aromatic heterocycles. The van der Waals surface area contributed by atoms with Crippen molar-refractivity contribution in [3.63, 3.8) is 0 Å². The third kappa shape index (κ3) is 2.15. The summed E-state index contributed by atoms with van der Waals surface area (Å²) >= 11 is 0. The maximum atomic E-state index is 12.9. The van der Waals surface area contributed by atoms with Gasteiger partial charge in [-0.15, -0.1) is 0 Å². The Morgan fingerprint density at radius 1 is 1.17 bits per heavy atom. The van der Waals surface area contributed by atoms with E-state index < -0.39 is 18.1 Å². The van der Waals surface area contributed by atoms with E-state index >= 15 is 0 Å². The second-order valence-electron chi connectivity index (χ2n) is 3.55. The zero-order chi connectivity index (χ0) is 13.3. The lowest BCUT2D eigenvalue weighted by molar-refractivity contribution is -0.149. The van der Waals surface area contributed by atoms with Gasteiger partial charge in [-0.05, 0) is 24.3 Å². The van der Waals surface area contributed by atoms with Crippen molar-refractivity contribution in [1.29, 1.82) is 0 Å². The van der Waals surface area contributed by atoms with Gasteiger partial charge in [0.1, 0.15) is 11.4 Å². The normalized spacial score (nSPS) is 12.1. The molecular formula is C11H7F4NO2. The molecule has 0 aliphatic carbocycles. The molecule has 2 rings (SSSR count). The molecule has 7 heteroatoms. The predicted octanol–water partition coefficient (Wildman–Crippen LogP) is 3.40. The van der Waals surface area contributed by atoms with E-state index in [2.05, 4.69) is 9.68 Å². The molecular weight excluding hydrogens is 254 g/mol. The molecule has 0 amide bonds. The molecule has 0 aliphatic heterocycles. The number of aromatic nitrogens is 1. The topological polar surface area (TPSA) is 46.3 Å². The zero-order valence-corrected chi connectivity index (χ0v) is 8.78. The summed E-state index contributed by atoms with van der Waals surface area (Å²) in [7, 11) is 0. The first-order valence-corrected chi connectivity index (χ1v) is 4.84. The fourth-order valence-electron chi connectivity index (χ4n) is 1.31. The number of benzene rings is 1. The molecule has 0 atom stereocenters. The predicted molar refractivity (Wildman–Crippen MR) is 53.5 cm³/mol. The Morgan fingerprint density at radius 3 is 2.33 bits per heavy atom. The summed E-state index contributed by atoms with van der Waals surface area (Å²) in [6.45, 7) is 0. The van der Waals surface area contributed by atoms with Crippen LogP contribution in [-0.4, -0.2) is 16.7 Å². The number of phenols is 1. The molecule has 0 saturated heterocycles. The van der Waals surface area contributed by atoms with Crippen LogP contribution in [0.15, 0.2) is 34.9 Å². The van der Waals surface area contributed by atoms with Crippen molar-refractivity contribution in [2.45, 2.75) is 12.3 Å². The van der Waals surface area contributed by atoms with Crippen LogP contribution in [0.25, 0.3) is 11.3 Å². The molecule has 0 bridgehead atoms. The SMILES string of the molecule is Oc1ccc(-c2cc(C(F)(F)C(F)F)on2)cc1. The molecule has 0 radical (unpaired) electrons. The maximum Gasteiger partial charge on any atom is 0.366 e. The van der Waals surface area contributed by atoms with E-state index in [0.29, 0.717) is 5.56 Å². The first kappa shape index (κ1) is 12.4. The van der Waals surface area contributed by atoms with Gasteiger partial charge in [-0.2, -0.15) is 8.78 Å². The third-order valence-corrected chi connectivity index (χ3v) is 2.28. The molecule has 1 heterocycles. The number of nitrogens with zero attached hydrogens (tertiary/aromatic N) is 1. The Kier molecular flexibility index (Phi) is 2.98. The Balaban J connectivity index is 2.34. The van der Waals surface area contributed by atoms with Crippen LogP contribution in [0.2, 0.25) is 0 Å². The van der Waals surface area contributed by atoms with Crippen molar-refractivity contribution in [3.8, 4) is 17.0 Å². The average Bonchev–Trinajstić information content (AvgIpc) is 2.79. The van der Waals surface area contributed by atoms with Crippen molar-refractivity contribution in [2.75, 3.05) is 0 Å². The minimum absolute atomic E-state index is 0.00896. The lowest BCUT2D eigenvalue weighted by atomic mass is 10.1. The van der Waals surface area contributed by atoms with E-state index in [1.54, 1.807) is 0 Å². The van der Waals surface area contributed by atoms with E-state index in [0.717, 1.165) is 6.07 Å². The average molecular weight is 261 g/mol. The molecule has 0 fully saturated rings. The fourth-order valence-corrected chi connectivity index (χ4v) is 1.31. The number of rotatable bonds is 3. The van der Waals surface area contributed by atoms with Crippen LogP contribution >= 0.6 is 0 Å². The summed E-state index contributed by atoms with van der Waals surface area (Å²) in [6.07, 6.45) is -3.86. The van der Waals surface area contributed by atoms with E-state index in [1.807, 2.05) is 0 Å². The van der Waals surface area contributed by atoms with Gasteiger partial charge in [0.25, 0.3) is 0 Å². The molecule has 0 aliphatic rings. The van der Waals surface area contributed by atoms with Crippen LogP contribution in [0.4, 0.5) is 17.6 Å². The highest BCUT2D eigenvalue weighted by Gasteiger charge is 2.46.